The molecule has 0 spiro atoms. The van der Waals surface area contributed by atoms with E-state index in [0.717, 1.165) is 18.4 Å². The Labute approximate surface area is 98.5 Å². The predicted octanol–water partition coefficient (Wildman–Crippen LogP) is 2.68. The van der Waals surface area contributed by atoms with E-state index in [4.69, 9.17) is 4.74 Å². The molecule has 90 valence electrons. The first-order chi connectivity index (χ1) is 7.24. The lowest BCUT2D eigenvalue weighted by Gasteiger charge is -2.15. The first-order valence-corrected chi connectivity index (χ1v) is 7.25. The zero-order chi connectivity index (χ0) is 11.1. The fraction of sp³-hybridized carbons (Fsp3) is 1.00. The van der Waals surface area contributed by atoms with Crippen molar-refractivity contribution in [2.24, 2.45) is 0 Å². The minimum Gasteiger partial charge on any atom is -0.377 e. The van der Waals surface area contributed by atoms with Gasteiger partial charge in [-0.05, 0) is 26.7 Å². The quantitative estimate of drug-likeness (QED) is 0.681. The van der Waals surface area contributed by atoms with Crippen LogP contribution in [0.15, 0.2) is 0 Å². The van der Waals surface area contributed by atoms with Crippen molar-refractivity contribution >= 4 is 11.8 Å². The molecule has 3 unspecified atom stereocenters. The number of thioether (sulfide) groups is 1. The lowest BCUT2D eigenvalue weighted by atomic mass is 10.2. The van der Waals surface area contributed by atoms with E-state index in [1.54, 1.807) is 0 Å². The van der Waals surface area contributed by atoms with Crippen molar-refractivity contribution in [1.82, 2.24) is 5.32 Å². The molecule has 0 radical (unpaired) electrons. The van der Waals surface area contributed by atoms with Gasteiger partial charge in [-0.25, -0.2) is 0 Å². The second-order valence-corrected chi connectivity index (χ2v) is 5.76. The predicted molar refractivity (Wildman–Crippen MR) is 68.6 cm³/mol. The molecule has 0 bridgehead atoms. The third-order valence-corrected chi connectivity index (χ3v) is 4.44. The van der Waals surface area contributed by atoms with E-state index in [1.165, 1.54) is 25.0 Å². The van der Waals surface area contributed by atoms with Gasteiger partial charge < -0.3 is 10.1 Å². The van der Waals surface area contributed by atoms with Crippen LogP contribution in [0.5, 0.6) is 0 Å². The van der Waals surface area contributed by atoms with Crippen LogP contribution in [0.4, 0.5) is 0 Å². The molecule has 1 N–H and O–H groups in total. The Morgan fingerprint density at radius 2 is 2.33 bits per heavy atom. The molecule has 0 aliphatic carbocycles. The Morgan fingerprint density at radius 3 is 2.93 bits per heavy atom. The Hall–Kier alpha value is 0.270. The molecule has 1 heterocycles. The Morgan fingerprint density at radius 1 is 1.53 bits per heavy atom. The maximum atomic E-state index is 5.54. The van der Waals surface area contributed by atoms with Gasteiger partial charge in [0.15, 0.2) is 0 Å². The van der Waals surface area contributed by atoms with Crippen molar-refractivity contribution < 1.29 is 4.74 Å². The average Bonchev–Trinajstić information content (AvgIpc) is 2.60. The highest BCUT2D eigenvalue weighted by Gasteiger charge is 2.23. The maximum Gasteiger partial charge on any atom is 0.0666 e. The van der Waals surface area contributed by atoms with Crippen LogP contribution in [0.2, 0.25) is 0 Å². The molecule has 0 aromatic rings. The third kappa shape index (κ3) is 5.23. The van der Waals surface area contributed by atoms with Gasteiger partial charge in [-0.1, -0.05) is 13.3 Å². The number of hydrogen-bond acceptors (Lipinski definition) is 3. The first-order valence-electron chi connectivity index (χ1n) is 6.20. The molecular formula is C12H25NOS. The zero-order valence-electron chi connectivity index (χ0n) is 10.3. The van der Waals surface area contributed by atoms with Crippen molar-refractivity contribution in [3.05, 3.63) is 0 Å². The molecule has 3 heteroatoms. The van der Waals surface area contributed by atoms with Gasteiger partial charge in [-0.2, -0.15) is 11.8 Å². The molecule has 3 atom stereocenters. The summed E-state index contributed by atoms with van der Waals surface area (Å²) in [6.45, 7) is 8.80. The van der Waals surface area contributed by atoms with E-state index in [-0.39, 0.29) is 0 Å². The van der Waals surface area contributed by atoms with Crippen molar-refractivity contribution in [3.63, 3.8) is 0 Å². The second-order valence-electron chi connectivity index (χ2n) is 4.42. The molecule has 1 fully saturated rings. The Bertz CT molecular complexity index is 166. The second kappa shape index (κ2) is 7.53. The van der Waals surface area contributed by atoms with E-state index >= 15 is 0 Å². The van der Waals surface area contributed by atoms with Gasteiger partial charge in [0, 0.05) is 30.2 Å². The molecule has 1 rings (SSSR count). The van der Waals surface area contributed by atoms with Gasteiger partial charge in [0.2, 0.25) is 0 Å². The summed E-state index contributed by atoms with van der Waals surface area (Å²) in [6, 6.07) is 0.674. The largest absolute Gasteiger partial charge is 0.377 e. The smallest absolute Gasteiger partial charge is 0.0666 e. The molecule has 0 aromatic heterocycles. The minimum absolute atomic E-state index is 0.461. The minimum atomic E-state index is 0.461. The number of hydrogen-bond donors (Lipinski definition) is 1. The molecule has 15 heavy (non-hydrogen) atoms. The lowest BCUT2D eigenvalue weighted by molar-refractivity contribution is 0.127. The number of ether oxygens (including phenoxy) is 1. The van der Waals surface area contributed by atoms with Crippen LogP contribution in [0.1, 0.15) is 40.0 Å². The maximum absolute atomic E-state index is 5.54. The molecular weight excluding hydrogens is 206 g/mol. The molecule has 1 aliphatic heterocycles. The van der Waals surface area contributed by atoms with Crippen LogP contribution in [0.25, 0.3) is 0 Å². The van der Waals surface area contributed by atoms with Crippen LogP contribution in [0.3, 0.4) is 0 Å². The molecule has 1 saturated heterocycles. The summed E-state index contributed by atoms with van der Waals surface area (Å²) in [5.74, 6) is 1.21. The van der Waals surface area contributed by atoms with E-state index in [0.29, 0.717) is 12.1 Å². The topological polar surface area (TPSA) is 21.3 Å². The summed E-state index contributed by atoms with van der Waals surface area (Å²) in [5.41, 5.74) is 0. The molecule has 0 saturated carbocycles. The van der Waals surface area contributed by atoms with Gasteiger partial charge in [-0.3, -0.25) is 0 Å². The van der Waals surface area contributed by atoms with Crippen LogP contribution >= 0.6 is 11.8 Å². The van der Waals surface area contributed by atoms with Crippen molar-refractivity contribution in [1.29, 1.82) is 0 Å². The Balaban J connectivity index is 1.96. The number of rotatable bonds is 7. The van der Waals surface area contributed by atoms with E-state index in [9.17, 15) is 0 Å². The fourth-order valence-corrected chi connectivity index (χ4v) is 3.13. The molecule has 0 aromatic carbocycles. The average molecular weight is 231 g/mol. The lowest BCUT2D eigenvalue weighted by Crippen LogP contribution is -2.28. The van der Waals surface area contributed by atoms with E-state index in [1.807, 2.05) is 0 Å². The fourth-order valence-electron chi connectivity index (χ4n) is 1.98. The molecule has 1 aliphatic rings. The standard InChI is InChI=1S/C12H25NOS/c1-4-5-10(2)13-7-9-15-12-6-8-14-11(12)3/h10-13H,4-9H2,1-3H3. The van der Waals surface area contributed by atoms with Crippen molar-refractivity contribution in [3.8, 4) is 0 Å². The summed E-state index contributed by atoms with van der Waals surface area (Å²) in [6.07, 6.45) is 4.25. The highest BCUT2D eigenvalue weighted by atomic mass is 32.2. The van der Waals surface area contributed by atoms with Crippen LogP contribution in [-0.2, 0) is 4.74 Å². The first kappa shape index (κ1) is 13.3. The Kier molecular flexibility index (Phi) is 6.69. The van der Waals surface area contributed by atoms with Gasteiger partial charge in [0.05, 0.1) is 6.10 Å². The van der Waals surface area contributed by atoms with E-state index < -0.39 is 0 Å². The van der Waals surface area contributed by atoms with Gasteiger partial charge >= 0.3 is 0 Å². The van der Waals surface area contributed by atoms with Crippen LogP contribution in [0, 0.1) is 0 Å². The zero-order valence-corrected chi connectivity index (χ0v) is 11.1. The monoisotopic (exact) mass is 231 g/mol. The molecule has 2 nitrogen and oxygen atoms in total. The van der Waals surface area contributed by atoms with Crippen molar-refractivity contribution in [2.45, 2.75) is 57.4 Å². The summed E-state index contributed by atoms with van der Waals surface area (Å²) in [4.78, 5) is 0. The highest BCUT2D eigenvalue weighted by Crippen LogP contribution is 2.25. The summed E-state index contributed by atoms with van der Waals surface area (Å²) in [5, 5.41) is 4.29. The van der Waals surface area contributed by atoms with Gasteiger partial charge in [0.25, 0.3) is 0 Å². The summed E-state index contributed by atoms with van der Waals surface area (Å²) in [7, 11) is 0. The van der Waals surface area contributed by atoms with Crippen LogP contribution in [-0.4, -0.2) is 36.3 Å². The summed E-state index contributed by atoms with van der Waals surface area (Å²) < 4.78 is 5.54. The van der Waals surface area contributed by atoms with Gasteiger partial charge in [-0.15, -0.1) is 0 Å². The highest BCUT2D eigenvalue weighted by molar-refractivity contribution is 8.00. The number of nitrogens with one attached hydrogen (secondary N) is 1. The SMILES string of the molecule is CCCC(C)NCCSC1CCOC1C. The third-order valence-electron chi connectivity index (χ3n) is 2.96. The van der Waals surface area contributed by atoms with Crippen LogP contribution < -0.4 is 5.32 Å². The van der Waals surface area contributed by atoms with Crippen molar-refractivity contribution in [2.75, 3.05) is 18.9 Å². The van der Waals surface area contributed by atoms with E-state index in [2.05, 4.69) is 37.8 Å². The van der Waals surface area contributed by atoms with Gasteiger partial charge in [0.1, 0.15) is 0 Å². The summed E-state index contributed by atoms with van der Waals surface area (Å²) >= 11 is 2.06. The molecule has 0 amide bonds. The normalized spacial score (nSPS) is 28.2.